The lowest BCUT2D eigenvalue weighted by atomic mass is 10.1. The highest BCUT2D eigenvalue weighted by molar-refractivity contribution is 5.82. The summed E-state index contributed by atoms with van der Waals surface area (Å²) in [6, 6.07) is 6.09. The van der Waals surface area contributed by atoms with Gasteiger partial charge in [0.1, 0.15) is 6.04 Å². The molecular formula is C17H22N4O3. The number of likely N-dealkylation sites (N-methyl/N-ethyl adjacent to an activating group) is 1. The van der Waals surface area contributed by atoms with Crippen LogP contribution in [0.25, 0.3) is 10.9 Å². The summed E-state index contributed by atoms with van der Waals surface area (Å²) >= 11 is 0. The van der Waals surface area contributed by atoms with E-state index in [-0.39, 0.29) is 5.91 Å². The Morgan fingerprint density at radius 1 is 1.17 bits per heavy atom. The second-order valence-corrected chi connectivity index (χ2v) is 6.20. The molecule has 0 saturated carbocycles. The van der Waals surface area contributed by atoms with E-state index in [0.29, 0.717) is 30.4 Å². The molecule has 2 heterocycles. The van der Waals surface area contributed by atoms with E-state index >= 15 is 0 Å². The van der Waals surface area contributed by atoms with Crippen LogP contribution >= 0.6 is 0 Å². The molecule has 1 aliphatic rings. The minimum Gasteiger partial charge on any atom is -0.338 e. The highest BCUT2D eigenvalue weighted by Gasteiger charge is 2.29. The fourth-order valence-corrected chi connectivity index (χ4v) is 3.16. The molecule has 1 fully saturated rings. The number of aromatic nitrogens is 2. The molecule has 1 aliphatic heterocycles. The van der Waals surface area contributed by atoms with Gasteiger partial charge in [-0.2, -0.15) is 0 Å². The van der Waals surface area contributed by atoms with Gasteiger partial charge in [-0.25, -0.2) is 9.36 Å². The number of hydrogen-bond acceptors (Lipinski definition) is 4. The molecule has 1 N–H and O–H groups in total. The third-order valence-electron chi connectivity index (χ3n) is 4.64. The van der Waals surface area contributed by atoms with E-state index in [9.17, 15) is 14.4 Å². The maximum Gasteiger partial charge on any atom is 0.329 e. The van der Waals surface area contributed by atoms with E-state index in [1.807, 2.05) is 14.0 Å². The molecule has 1 aromatic heterocycles. The highest BCUT2D eigenvalue weighted by atomic mass is 16.2. The van der Waals surface area contributed by atoms with Crippen LogP contribution in [-0.4, -0.2) is 58.5 Å². The Morgan fingerprint density at radius 2 is 1.83 bits per heavy atom. The van der Waals surface area contributed by atoms with Gasteiger partial charge in [0.25, 0.3) is 5.56 Å². The summed E-state index contributed by atoms with van der Waals surface area (Å²) in [5.74, 6) is -0.159. The molecule has 0 spiro atoms. The van der Waals surface area contributed by atoms with Gasteiger partial charge in [-0.05, 0) is 25.6 Å². The number of aromatic amines is 1. The highest BCUT2D eigenvalue weighted by Crippen LogP contribution is 2.14. The summed E-state index contributed by atoms with van der Waals surface area (Å²) in [6.45, 7) is 4.65. The van der Waals surface area contributed by atoms with Crippen molar-refractivity contribution >= 4 is 16.8 Å². The third-order valence-corrected chi connectivity index (χ3v) is 4.64. The lowest BCUT2D eigenvalue weighted by molar-refractivity contribution is -0.136. The molecule has 0 radical (unpaired) electrons. The van der Waals surface area contributed by atoms with Crippen molar-refractivity contribution in [3.8, 4) is 0 Å². The Hall–Kier alpha value is -2.41. The first-order valence-corrected chi connectivity index (χ1v) is 8.23. The van der Waals surface area contributed by atoms with Crippen LogP contribution in [-0.2, 0) is 4.79 Å². The molecule has 0 unspecified atom stereocenters. The van der Waals surface area contributed by atoms with Crippen molar-refractivity contribution in [1.29, 1.82) is 0 Å². The van der Waals surface area contributed by atoms with Gasteiger partial charge in [0, 0.05) is 26.2 Å². The van der Waals surface area contributed by atoms with Crippen LogP contribution < -0.4 is 11.2 Å². The number of H-pyrrole nitrogens is 1. The van der Waals surface area contributed by atoms with Gasteiger partial charge in [0.2, 0.25) is 5.91 Å². The molecule has 2 aromatic rings. The standard InChI is InChI=1S/C17H22N4O3/c1-3-14(16(23)20-10-8-19(2)9-11-20)21-15(22)12-6-4-5-7-13(12)18-17(21)24/h4-7,14H,3,8-11H2,1-2H3,(H,18,24)/t14-/m0/s1. The Balaban J connectivity index is 2.02. The number of nitrogens with zero attached hydrogens (tertiary/aromatic N) is 3. The van der Waals surface area contributed by atoms with Crippen LogP contribution in [0.5, 0.6) is 0 Å². The normalized spacial score (nSPS) is 17.2. The average Bonchev–Trinajstić information content (AvgIpc) is 2.58. The van der Waals surface area contributed by atoms with E-state index < -0.39 is 17.3 Å². The number of amides is 1. The molecule has 1 amide bonds. The molecule has 3 rings (SSSR count). The minimum absolute atomic E-state index is 0.159. The molecule has 7 nitrogen and oxygen atoms in total. The van der Waals surface area contributed by atoms with Crippen LogP contribution in [0.4, 0.5) is 0 Å². The third kappa shape index (κ3) is 2.87. The van der Waals surface area contributed by atoms with Gasteiger partial charge in [-0.3, -0.25) is 9.59 Å². The predicted octanol–water partition coefficient (Wildman–Crippen LogP) is 0.415. The summed E-state index contributed by atoms with van der Waals surface area (Å²) in [5, 5.41) is 0.418. The SMILES string of the molecule is CC[C@@H](C(=O)N1CCN(C)CC1)n1c(=O)[nH]c2ccccc2c1=O. The van der Waals surface area contributed by atoms with E-state index in [1.54, 1.807) is 29.2 Å². The van der Waals surface area contributed by atoms with Gasteiger partial charge in [0.15, 0.2) is 0 Å². The summed E-state index contributed by atoms with van der Waals surface area (Å²) in [7, 11) is 2.01. The number of fused-ring (bicyclic) bond motifs is 1. The second kappa shape index (κ2) is 6.60. The van der Waals surface area contributed by atoms with Crippen molar-refractivity contribution in [2.45, 2.75) is 19.4 Å². The maximum absolute atomic E-state index is 12.9. The predicted molar refractivity (Wildman–Crippen MR) is 92.2 cm³/mol. The number of hydrogen-bond donors (Lipinski definition) is 1. The molecule has 24 heavy (non-hydrogen) atoms. The van der Waals surface area contributed by atoms with E-state index in [4.69, 9.17) is 0 Å². The zero-order valence-corrected chi connectivity index (χ0v) is 14.0. The van der Waals surface area contributed by atoms with Crippen molar-refractivity contribution in [2.75, 3.05) is 33.2 Å². The molecule has 7 heteroatoms. The Bertz CT molecular complexity index is 862. The van der Waals surface area contributed by atoms with Crippen molar-refractivity contribution in [2.24, 2.45) is 0 Å². The van der Waals surface area contributed by atoms with Crippen molar-refractivity contribution in [1.82, 2.24) is 19.4 Å². The quantitative estimate of drug-likeness (QED) is 0.884. The molecule has 128 valence electrons. The molecule has 1 saturated heterocycles. The Labute approximate surface area is 139 Å². The average molecular weight is 330 g/mol. The molecular weight excluding hydrogens is 308 g/mol. The summed E-state index contributed by atoms with van der Waals surface area (Å²) in [5.41, 5.74) is -0.456. The number of nitrogens with one attached hydrogen (secondary N) is 1. The van der Waals surface area contributed by atoms with E-state index in [1.165, 1.54) is 0 Å². The van der Waals surface area contributed by atoms with Gasteiger partial charge in [0.05, 0.1) is 10.9 Å². The van der Waals surface area contributed by atoms with Crippen molar-refractivity contribution in [3.05, 3.63) is 45.1 Å². The van der Waals surface area contributed by atoms with Gasteiger partial charge >= 0.3 is 5.69 Å². The fraction of sp³-hybridized carbons (Fsp3) is 0.471. The first kappa shape index (κ1) is 16.4. The number of rotatable bonds is 3. The lowest BCUT2D eigenvalue weighted by Crippen LogP contribution is -2.51. The van der Waals surface area contributed by atoms with Crippen LogP contribution in [0.15, 0.2) is 33.9 Å². The van der Waals surface area contributed by atoms with Gasteiger partial charge < -0.3 is 14.8 Å². The molecule has 0 bridgehead atoms. The maximum atomic E-state index is 12.9. The van der Waals surface area contributed by atoms with E-state index in [0.717, 1.165) is 17.7 Å². The summed E-state index contributed by atoms with van der Waals surface area (Å²) < 4.78 is 1.07. The largest absolute Gasteiger partial charge is 0.338 e. The van der Waals surface area contributed by atoms with Crippen LogP contribution in [0.1, 0.15) is 19.4 Å². The van der Waals surface area contributed by atoms with Crippen molar-refractivity contribution < 1.29 is 4.79 Å². The van der Waals surface area contributed by atoms with Crippen LogP contribution in [0.3, 0.4) is 0 Å². The zero-order chi connectivity index (χ0) is 17.3. The zero-order valence-electron chi connectivity index (χ0n) is 14.0. The van der Waals surface area contributed by atoms with Crippen molar-refractivity contribution in [3.63, 3.8) is 0 Å². The Kier molecular flexibility index (Phi) is 4.53. The molecule has 1 atom stereocenters. The minimum atomic E-state index is -0.769. The molecule has 1 aromatic carbocycles. The first-order valence-electron chi connectivity index (χ1n) is 8.23. The monoisotopic (exact) mass is 330 g/mol. The first-order chi connectivity index (χ1) is 11.5. The van der Waals surface area contributed by atoms with Crippen LogP contribution in [0.2, 0.25) is 0 Å². The number of para-hydroxylation sites is 1. The smallest absolute Gasteiger partial charge is 0.329 e. The summed E-state index contributed by atoms with van der Waals surface area (Å²) in [6.07, 6.45) is 0.395. The topological polar surface area (TPSA) is 78.4 Å². The summed E-state index contributed by atoms with van der Waals surface area (Å²) in [4.78, 5) is 44.7. The number of piperazine rings is 1. The number of carbonyl (C=O) groups excluding carboxylic acids is 1. The van der Waals surface area contributed by atoms with Crippen LogP contribution in [0, 0.1) is 0 Å². The van der Waals surface area contributed by atoms with E-state index in [2.05, 4.69) is 9.88 Å². The van der Waals surface area contributed by atoms with Gasteiger partial charge in [-0.15, -0.1) is 0 Å². The lowest BCUT2D eigenvalue weighted by Gasteiger charge is -2.34. The number of carbonyl (C=O) groups is 1. The van der Waals surface area contributed by atoms with Gasteiger partial charge in [-0.1, -0.05) is 19.1 Å². The Morgan fingerprint density at radius 3 is 2.50 bits per heavy atom. The second-order valence-electron chi connectivity index (χ2n) is 6.20. The number of benzene rings is 1. The molecule has 0 aliphatic carbocycles. The fourth-order valence-electron chi connectivity index (χ4n) is 3.16.